The molecule has 2 rings (SSSR count). The van der Waals surface area contributed by atoms with Crippen molar-refractivity contribution >= 4 is 11.5 Å². The van der Waals surface area contributed by atoms with E-state index in [1.54, 1.807) is 6.07 Å². The van der Waals surface area contributed by atoms with Crippen LogP contribution in [0.25, 0.3) is 5.57 Å². The summed E-state index contributed by atoms with van der Waals surface area (Å²) in [7, 11) is 0. The van der Waals surface area contributed by atoms with E-state index in [-0.39, 0.29) is 5.82 Å². The lowest BCUT2D eigenvalue weighted by atomic mass is 9.89. The molecule has 0 spiro atoms. The van der Waals surface area contributed by atoms with E-state index in [4.69, 9.17) is 10.5 Å². The zero-order chi connectivity index (χ0) is 12.6. The van der Waals surface area contributed by atoms with Gasteiger partial charge in [0.25, 0.3) is 0 Å². The maximum atomic E-state index is 13.2. The molecule has 0 radical (unpaired) electrons. The Morgan fingerprint density at radius 2 is 2.24 bits per heavy atom. The molecule has 0 fully saturated rings. The van der Waals surface area contributed by atoms with Gasteiger partial charge in [-0.1, -0.05) is 0 Å². The molecule has 17 heavy (non-hydrogen) atoms. The largest absolute Gasteiger partial charge is 0.487 e. The van der Waals surface area contributed by atoms with Crippen molar-refractivity contribution in [1.29, 1.82) is 0 Å². The first-order chi connectivity index (χ1) is 7.87. The van der Waals surface area contributed by atoms with Crippen molar-refractivity contribution in [2.24, 2.45) is 5.73 Å². The molecule has 1 aliphatic heterocycles. The van der Waals surface area contributed by atoms with Crippen LogP contribution in [-0.2, 0) is 4.79 Å². The Morgan fingerprint density at radius 1 is 1.53 bits per heavy atom. The third kappa shape index (κ3) is 2.46. The molecule has 1 aromatic rings. The number of amides is 1. The Kier molecular flexibility index (Phi) is 2.65. The number of hydrogen-bond acceptors (Lipinski definition) is 2. The van der Waals surface area contributed by atoms with Crippen LogP contribution in [-0.4, -0.2) is 11.5 Å². The molecular formula is C13H14FNO2. The smallest absolute Gasteiger partial charge is 0.241 e. The fourth-order valence-electron chi connectivity index (χ4n) is 2.03. The van der Waals surface area contributed by atoms with Crippen molar-refractivity contribution in [3.8, 4) is 5.75 Å². The number of nitrogens with two attached hydrogens (primary N) is 1. The highest BCUT2D eigenvalue weighted by molar-refractivity contribution is 5.95. The molecule has 1 aromatic carbocycles. The number of halogens is 1. The van der Waals surface area contributed by atoms with Crippen LogP contribution in [0.2, 0.25) is 0 Å². The van der Waals surface area contributed by atoms with Crippen LogP contribution in [0.1, 0.15) is 25.8 Å². The van der Waals surface area contributed by atoms with Crippen LogP contribution in [0.15, 0.2) is 24.3 Å². The Labute approximate surface area is 99.1 Å². The first-order valence-electron chi connectivity index (χ1n) is 5.36. The first kappa shape index (κ1) is 11.6. The predicted molar refractivity (Wildman–Crippen MR) is 62.9 cm³/mol. The zero-order valence-electron chi connectivity index (χ0n) is 9.79. The van der Waals surface area contributed by atoms with Gasteiger partial charge in [0.05, 0.1) is 0 Å². The molecule has 0 aliphatic carbocycles. The minimum absolute atomic E-state index is 0.359. The molecule has 4 heteroatoms. The van der Waals surface area contributed by atoms with Gasteiger partial charge in [-0.3, -0.25) is 4.79 Å². The van der Waals surface area contributed by atoms with Gasteiger partial charge in [0, 0.05) is 18.1 Å². The van der Waals surface area contributed by atoms with Crippen molar-refractivity contribution in [3.05, 3.63) is 35.7 Å². The molecule has 3 nitrogen and oxygen atoms in total. The minimum Gasteiger partial charge on any atom is -0.487 e. The molecule has 0 aromatic heterocycles. The third-order valence-corrected chi connectivity index (χ3v) is 2.61. The Hall–Kier alpha value is -1.84. The molecule has 0 unspecified atom stereocenters. The molecule has 0 saturated heterocycles. The molecular weight excluding hydrogens is 221 g/mol. The molecule has 0 atom stereocenters. The van der Waals surface area contributed by atoms with Crippen molar-refractivity contribution in [2.45, 2.75) is 25.9 Å². The number of ether oxygens (including phenoxy) is 1. The van der Waals surface area contributed by atoms with Crippen LogP contribution in [0.3, 0.4) is 0 Å². The number of fused-ring (bicyclic) bond motifs is 1. The van der Waals surface area contributed by atoms with Gasteiger partial charge in [-0.05, 0) is 37.6 Å². The van der Waals surface area contributed by atoms with Crippen LogP contribution < -0.4 is 10.5 Å². The maximum absolute atomic E-state index is 13.2. The highest BCUT2D eigenvalue weighted by atomic mass is 19.1. The summed E-state index contributed by atoms with van der Waals surface area (Å²) in [6, 6.07) is 4.27. The third-order valence-electron chi connectivity index (χ3n) is 2.61. The second kappa shape index (κ2) is 3.87. The lowest BCUT2D eigenvalue weighted by Gasteiger charge is -2.34. The van der Waals surface area contributed by atoms with Gasteiger partial charge in [-0.25, -0.2) is 4.39 Å². The zero-order valence-corrected chi connectivity index (χ0v) is 9.79. The first-order valence-corrected chi connectivity index (χ1v) is 5.36. The quantitative estimate of drug-likeness (QED) is 0.759. The van der Waals surface area contributed by atoms with Crippen LogP contribution in [0, 0.1) is 5.82 Å². The summed E-state index contributed by atoms with van der Waals surface area (Å²) in [5.41, 5.74) is 6.04. The summed E-state index contributed by atoms with van der Waals surface area (Å²) in [6.07, 6.45) is 1.86. The maximum Gasteiger partial charge on any atom is 0.241 e. The van der Waals surface area contributed by atoms with Crippen molar-refractivity contribution < 1.29 is 13.9 Å². The topological polar surface area (TPSA) is 52.3 Å². The SMILES string of the molecule is CC1(C)CC(=CC(N)=O)c2cc(F)ccc2O1. The molecule has 0 bridgehead atoms. The van der Waals surface area contributed by atoms with Crippen LogP contribution in [0.5, 0.6) is 5.75 Å². The Balaban J connectivity index is 2.56. The lowest BCUT2D eigenvalue weighted by Crippen LogP contribution is -2.32. The van der Waals surface area contributed by atoms with Crippen LogP contribution >= 0.6 is 0 Å². The predicted octanol–water partition coefficient (Wildman–Crippen LogP) is 2.26. The van der Waals surface area contributed by atoms with Gasteiger partial charge >= 0.3 is 0 Å². The fraction of sp³-hybridized carbons (Fsp3) is 0.308. The summed E-state index contributed by atoms with van der Waals surface area (Å²) in [5.74, 6) is -0.314. The molecule has 0 saturated carbocycles. The van der Waals surface area contributed by atoms with Gasteiger partial charge in [0.15, 0.2) is 0 Å². The van der Waals surface area contributed by atoms with E-state index >= 15 is 0 Å². The average molecular weight is 235 g/mol. The van der Waals surface area contributed by atoms with E-state index in [2.05, 4.69) is 0 Å². The Morgan fingerprint density at radius 3 is 2.88 bits per heavy atom. The van der Waals surface area contributed by atoms with Crippen molar-refractivity contribution in [2.75, 3.05) is 0 Å². The second-order valence-corrected chi connectivity index (χ2v) is 4.75. The van der Waals surface area contributed by atoms with Gasteiger partial charge < -0.3 is 10.5 Å². The van der Waals surface area contributed by atoms with Gasteiger partial charge in [0.2, 0.25) is 5.91 Å². The Bertz CT molecular complexity index is 506. The second-order valence-electron chi connectivity index (χ2n) is 4.75. The number of hydrogen-bond donors (Lipinski definition) is 1. The van der Waals surface area contributed by atoms with Gasteiger partial charge in [0.1, 0.15) is 17.2 Å². The van der Waals surface area contributed by atoms with E-state index in [0.717, 1.165) is 0 Å². The molecule has 1 amide bonds. The highest BCUT2D eigenvalue weighted by Crippen LogP contribution is 2.40. The number of carbonyl (C=O) groups excluding carboxylic acids is 1. The summed E-state index contributed by atoms with van der Waals surface area (Å²) in [6.45, 7) is 3.82. The molecule has 1 heterocycles. The number of rotatable bonds is 1. The summed E-state index contributed by atoms with van der Waals surface area (Å²) in [4.78, 5) is 11.0. The van der Waals surface area contributed by atoms with Gasteiger partial charge in [-0.15, -0.1) is 0 Å². The average Bonchev–Trinajstić information content (AvgIpc) is 2.17. The molecule has 2 N–H and O–H groups in total. The highest BCUT2D eigenvalue weighted by Gasteiger charge is 2.30. The van der Waals surface area contributed by atoms with E-state index in [0.29, 0.717) is 23.3 Å². The summed E-state index contributed by atoms with van der Waals surface area (Å²) in [5, 5.41) is 0. The number of carbonyl (C=O) groups is 1. The lowest BCUT2D eigenvalue weighted by molar-refractivity contribution is -0.113. The van der Waals surface area contributed by atoms with Crippen LogP contribution in [0.4, 0.5) is 4.39 Å². The van der Waals surface area contributed by atoms with E-state index in [1.165, 1.54) is 18.2 Å². The monoisotopic (exact) mass is 235 g/mol. The number of primary amides is 1. The molecule has 1 aliphatic rings. The van der Waals surface area contributed by atoms with Crippen molar-refractivity contribution in [1.82, 2.24) is 0 Å². The van der Waals surface area contributed by atoms with E-state index in [1.807, 2.05) is 13.8 Å². The number of benzene rings is 1. The van der Waals surface area contributed by atoms with E-state index in [9.17, 15) is 9.18 Å². The normalized spacial score (nSPS) is 19.6. The van der Waals surface area contributed by atoms with Gasteiger partial charge in [-0.2, -0.15) is 0 Å². The molecule has 90 valence electrons. The summed E-state index contributed by atoms with van der Waals surface area (Å²) >= 11 is 0. The fourth-order valence-corrected chi connectivity index (χ4v) is 2.03. The summed E-state index contributed by atoms with van der Waals surface area (Å²) < 4.78 is 18.9. The van der Waals surface area contributed by atoms with E-state index < -0.39 is 11.5 Å². The van der Waals surface area contributed by atoms with Crippen molar-refractivity contribution in [3.63, 3.8) is 0 Å². The standard InChI is InChI=1S/C13H14FNO2/c1-13(2)7-8(5-12(15)16)10-6-9(14)3-4-11(10)17-13/h3-6H,7H2,1-2H3,(H2,15,16). The minimum atomic E-state index is -0.534.